The second kappa shape index (κ2) is 3.03. The first-order valence-corrected chi connectivity index (χ1v) is 3.05. The zero-order valence-corrected chi connectivity index (χ0v) is 6.16. The minimum atomic E-state index is -5.30. The summed E-state index contributed by atoms with van der Waals surface area (Å²) in [7, 11) is 0. The van der Waals surface area contributed by atoms with E-state index in [-0.39, 0.29) is 0 Å². The average Bonchev–Trinajstić information content (AvgIpc) is 2.06. The molecular formula is C6HF6NO. The number of alkyl halides is 3. The van der Waals surface area contributed by atoms with Crippen molar-refractivity contribution in [3.05, 3.63) is 23.3 Å². The molecule has 2 nitrogen and oxygen atoms in total. The smallest absolute Gasteiger partial charge is 0.436 e. The van der Waals surface area contributed by atoms with Gasteiger partial charge in [0, 0.05) is 0 Å². The van der Waals surface area contributed by atoms with E-state index >= 15 is 0 Å². The summed E-state index contributed by atoms with van der Waals surface area (Å²) in [5.41, 5.74) is -2.30. The number of nitrogens with zero attached hydrogens (tertiary/aromatic N) is 1. The number of hydrogen-bond acceptors (Lipinski definition) is 2. The van der Waals surface area contributed by atoms with E-state index in [4.69, 9.17) is 5.11 Å². The summed E-state index contributed by atoms with van der Waals surface area (Å²) in [6.45, 7) is 0. The molecule has 8 heteroatoms. The van der Waals surface area contributed by atoms with Crippen molar-refractivity contribution < 1.29 is 31.4 Å². The zero-order valence-electron chi connectivity index (χ0n) is 6.16. The van der Waals surface area contributed by atoms with Crippen LogP contribution in [0.25, 0.3) is 0 Å². The van der Waals surface area contributed by atoms with Gasteiger partial charge in [-0.3, -0.25) is 0 Å². The minimum Gasteiger partial charge on any atom is -0.503 e. The number of pyridine rings is 1. The fraction of sp³-hybridized carbons (Fsp3) is 0.167. The van der Waals surface area contributed by atoms with Gasteiger partial charge in [0.05, 0.1) is 0 Å². The van der Waals surface area contributed by atoms with E-state index < -0.39 is 35.2 Å². The van der Waals surface area contributed by atoms with Crippen molar-refractivity contribution in [2.45, 2.75) is 6.18 Å². The van der Waals surface area contributed by atoms with Gasteiger partial charge in [0.2, 0.25) is 5.82 Å². The molecular weight excluding hydrogens is 216 g/mol. The molecule has 0 amide bonds. The Bertz CT molecular complexity index is 374. The Balaban J connectivity index is 3.49. The zero-order chi connectivity index (χ0) is 11.1. The molecule has 0 aliphatic carbocycles. The summed E-state index contributed by atoms with van der Waals surface area (Å²) in [5.74, 6) is -8.74. The molecule has 0 aliphatic rings. The van der Waals surface area contributed by atoms with Crippen LogP contribution in [0.15, 0.2) is 0 Å². The van der Waals surface area contributed by atoms with Crippen LogP contribution in [0, 0.1) is 17.6 Å². The van der Waals surface area contributed by atoms with Crippen LogP contribution in [0.2, 0.25) is 0 Å². The second-order valence-corrected chi connectivity index (χ2v) is 2.23. The topological polar surface area (TPSA) is 33.1 Å². The summed E-state index contributed by atoms with van der Waals surface area (Å²) >= 11 is 0. The summed E-state index contributed by atoms with van der Waals surface area (Å²) in [6, 6.07) is 0. The first-order chi connectivity index (χ1) is 6.25. The maximum absolute atomic E-state index is 12.5. The number of aromatic nitrogens is 1. The highest BCUT2D eigenvalue weighted by Gasteiger charge is 2.39. The van der Waals surface area contributed by atoms with Gasteiger partial charge in [-0.2, -0.15) is 22.0 Å². The highest BCUT2D eigenvalue weighted by Crippen LogP contribution is 2.34. The van der Waals surface area contributed by atoms with E-state index in [0.717, 1.165) is 0 Å². The SMILES string of the molecule is Oc1c(F)c(F)nc(C(F)(F)F)c1F. The number of aromatic hydroxyl groups is 1. The van der Waals surface area contributed by atoms with Crippen LogP contribution in [0.5, 0.6) is 5.75 Å². The van der Waals surface area contributed by atoms with Gasteiger partial charge in [-0.25, -0.2) is 9.37 Å². The second-order valence-electron chi connectivity index (χ2n) is 2.23. The largest absolute Gasteiger partial charge is 0.503 e. The van der Waals surface area contributed by atoms with Gasteiger partial charge in [0.15, 0.2) is 17.3 Å². The van der Waals surface area contributed by atoms with Crippen molar-refractivity contribution in [1.29, 1.82) is 0 Å². The molecule has 0 unspecified atom stereocenters. The molecule has 0 saturated carbocycles. The first kappa shape index (κ1) is 10.6. The van der Waals surface area contributed by atoms with Crippen molar-refractivity contribution in [3.63, 3.8) is 0 Å². The average molecular weight is 217 g/mol. The van der Waals surface area contributed by atoms with Crippen LogP contribution in [-0.4, -0.2) is 10.1 Å². The number of hydrogen-bond donors (Lipinski definition) is 1. The van der Waals surface area contributed by atoms with Gasteiger partial charge in [-0.1, -0.05) is 0 Å². The van der Waals surface area contributed by atoms with E-state index in [2.05, 4.69) is 0 Å². The van der Waals surface area contributed by atoms with Crippen LogP contribution < -0.4 is 0 Å². The van der Waals surface area contributed by atoms with Crippen molar-refractivity contribution in [2.24, 2.45) is 0 Å². The Labute approximate surface area is 72.8 Å². The fourth-order valence-corrected chi connectivity index (χ4v) is 0.690. The Morgan fingerprint density at radius 2 is 1.50 bits per heavy atom. The molecule has 1 rings (SSSR count). The Morgan fingerprint density at radius 1 is 1.00 bits per heavy atom. The lowest BCUT2D eigenvalue weighted by Crippen LogP contribution is -2.13. The molecule has 78 valence electrons. The summed E-state index contributed by atoms with van der Waals surface area (Å²) in [4.78, 5) is 2.00. The first-order valence-electron chi connectivity index (χ1n) is 3.05. The Kier molecular flexibility index (Phi) is 2.30. The maximum atomic E-state index is 12.5. The predicted octanol–water partition coefficient (Wildman–Crippen LogP) is 2.22. The molecule has 0 fully saturated rings. The molecule has 0 aliphatic heterocycles. The summed E-state index contributed by atoms with van der Waals surface area (Å²) in [6.07, 6.45) is -5.30. The summed E-state index contributed by atoms with van der Waals surface area (Å²) in [5, 5.41) is 8.40. The molecule has 14 heavy (non-hydrogen) atoms. The van der Waals surface area contributed by atoms with Gasteiger partial charge >= 0.3 is 6.18 Å². The van der Waals surface area contributed by atoms with Crippen molar-refractivity contribution in [2.75, 3.05) is 0 Å². The van der Waals surface area contributed by atoms with Crippen LogP contribution in [-0.2, 0) is 6.18 Å². The van der Waals surface area contributed by atoms with Crippen molar-refractivity contribution in [1.82, 2.24) is 4.98 Å². The lowest BCUT2D eigenvalue weighted by molar-refractivity contribution is -0.144. The van der Waals surface area contributed by atoms with Gasteiger partial charge in [0.25, 0.3) is 5.95 Å². The molecule has 0 radical (unpaired) electrons. The molecule has 0 aromatic carbocycles. The van der Waals surface area contributed by atoms with Gasteiger partial charge in [-0.05, 0) is 0 Å². The fourth-order valence-electron chi connectivity index (χ4n) is 0.690. The molecule has 1 heterocycles. The third-order valence-corrected chi connectivity index (χ3v) is 1.28. The number of rotatable bonds is 0. The third-order valence-electron chi connectivity index (χ3n) is 1.28. The van der Waals surface area contributed by atoms with Gasteiger partial charge in [0.1, 0.15) is 0 Å². The highest BCUT2D eigenvalue weighted by atomic mass is 19.4. The molecule has 1 aromatic heterocycles. The normalized spacial score (nSPS) is 11.9. The number of halogens is 6. The molecule has 0 saturated heterocycles. The summed E-state index contributed by atoms with van der Waals surface area (Å²) < 4.78 is 72.5. The van der Waals surface area contributed by atoms with Crippen molar-refractivity contribution in [3.8, 4) is 5.75 Å². The third kappa shape index (κ3) is 1.59. The van der Waals surface area contributed by atoms with Crippen LogP contribution in [0.4, 0.5) is 26.3 Å². The lowest BCUT2D eigenvalue weighted by atomic mass is 10.3. The Hall–Kier alpha value is -1.47. The Morgan fingerprint density at radius 3 is 1.93 bits per heavy atom. The van der Waals surface area contributed by atoms with E-state index in [1.165, 1.54) is 0 Å². The van der Waals surface area contributed by atoms with E-state index in [1.807, 2.05) is 4.98 Å². The van der Waals surface area contributed by atoms with Crippen LogP contribution in [0.1, 0.15) is 5.69 Å². The van der Waals surface area contributed by atoms with E-state index in [0.29, 0.717) is 0 Å². The predicted molar refractivity (Wildman–Crippen MR) is 30.8 cm³/mol. The lowest BCUT2D eigenvalue weighted by Gasteiger charge is -2.08. The maximum Gasteiger partial charge on any atom is 0.436 e. The van der Waals surface area contributed by atoms with E-state index in [1.54, 1.807) is 0 Å². The molecule has 1 aromatic rings. The monoisotopic (exact) mass is 217 g/mol. The molecule has 0 atom stereocenters. The van der Waals surface area contributed by atoms with Crippen LogP contribution in [0.3, 0.4) is 0 Å². The van der Waals surface area contributed by atoms with E-state index in [9.17, 15) is 26.3 Å². The van der Waals surface area contributed by atoms with Gasteiger partial charge in [-0.15, -0.1) is 0 Å². The molecule has 0 spiro atoms. The van der Waals surface area contributed by atoms with Crippen molar-refractivity contribution >= 4 is 0 Å². The molecule has 0 bridgehead atoms. The molecule has 1 N–H and O–H groups in total. The van der Waals surface area contributed by atoms with Crippen LogP contribution >= 0.6 is 0 Å². The van der Waals surface area contributed by atoms with Gasteiger partial charge < -0.3 is 5.11 Å². The standard InChI is InChI=1S/C6HF6NO/c7-1-3(14)2(8)5(9)13-4(1)6(10,11)12/h(H,13,14). The highest BCUT2D eigenvalue weighted by molar-refractivity contribution is 5.28. The minimum absolute atomic E-state index is 2.00. The quantitative estimate of drug-likeness (QED) is 0.533.